The maximum Gasteiger partial charge on any atom is 0.369 e. The minimum Gasteiger partial charge on any atom is -1.00 e. The van der Waals surface area contributed by atoms with E-state index in [2.05, 4.69) is 0 Å². The number of hydrogen-bond acceptors (Lipinski definition) is 3. The summed E-state index contributed by atoms with van der Waals surface area (Å²) < 4.78 is 12.8. The van der Waals surface area contributed by atoms with E-state index in [0.717, 1.165) is 0 Å². The van der Waals surface area contributed by atoms with Crippen molar-refractivity contribution in [2.24, 2.45) is 0 Å². The lowest BCUT2D eigenvalue weighted by Gasteiger charge is -2.23. The molecular weight excluding hydrogens is 297 g/mol. The molecule has 108 valence electrons. The molecular formula is C10H15ClNO6P. The molecule has 0 aliphatic carbocycles. The van der Waals surface area contributed by atoms with Gasteiger partial charge in [0.1, 0.15) is 6.54 Å². The Morgan fingerprint density at radius 1 is 1.42 bits per heavy atom. The molecule has 0 bridgehead atoms. The second-order valence-electron chi connectivity index (χ2n) is 3.82. The van der Waals surface area contributed by atoms with Crippen LogP contribution in [0.2, 0.25) is 0 Å². The summed E-state index contributed by atoms with van der Waals surface area (Å²) in [6.07, 6.45) is 0.971. The van der Waals surface area contributed by atoms with Crippen molar-refractivity contribution >= 4 is 13.6 Å². The Morgan fingerprint density at radius 2 is 2.00 bits per heavy atom. The number of carboxylic acids is 1. The van der Waals surface area contributed by atoms with Crippen molar-refractivity contribution in [3.05, 3.63) is 30.1 Å². The molecule has 19 heavy (non-hydrogen) atoms. The summed E-state index contributed by atoms with van der Waals surface area (Å²) in [6, 6.07) is 4.81. The maximum atomic E-state index is 11.2. The third kappa shape index (κ3) is 3.75. The van der Waals surface area contributed by atoms with Crippen molar-refractivity contribution in [3.63, 3.8) is 0 Å². The second kappa shape index (κ2) is 6.45. The van der Waals surface area contributed by atoms with Crippen LogP contribution in [0.4, 0.5) is 0 Å². The molecule has 1 unspecified atom stereocenters. The molecule has 4 N–H and O–H groups in total. The molecule has 1 aromatic rings. The fraction of sp³-hybridized carbons (Fsp3) is 0.400. The first-order valence-corrected chi connectivity index (χ1v) is 6.82. The molecule has 1 heterocycles. The molecule has 0 fully saturated rings. The van der Waals surface area contributed by atoms with Gasteiger partial charge in [0.05, 0.1) is 6.42 Å². The predicted octanol–water partition coefficient (Wildman–Crippen LogP) is -3.51. The smallest absolute Gasteiger partial charge is 0.369 e. The monoisotopic (exact) mass is 311 g/mol. The molecule has 0 radical (unpaired) electrons. The van der Waals surface area contributed by atoms with Gasteiger partial charge in [0.15, 0.2) is 11.9 Å². The number of aryl methyl sites for hydroxylation is 1. The standard InChI is InChI=1S/C10H14NO6P.ClH/c1-2-11-6-4-3-5-8(11)7-10(14,9(12)13)18(15,16)17;/h3-6,14H,2,7H2,1H3,(H2-,12,13,15,16,17);1H. The minimum atomic E-state index is -5.20. The second-order valence-corrected chi connectivity index (χ2v) is 5.65. The average molecular weight is 312 g/mol. The van der Waals surface area contributed by atoms with Crippen LogP contribution in [0.1, 0.15) is 12.6 Å². The van der Waals surface area contributed by atoms with Gasteiger partial charge < -0.3 is 32.4 Å². The number of aromatic nitrogens is 1. The third-order valence-electron chi connectivity index (χ3n) is 2.63. The van der Waals surface area contributed by atoms with Crippen LogP contribution < -0.4 is 17.0 Å². The zero-order valence-corrected chi connectivity index (χ0v) is 11.8. The van der Waals surface area contributed by atoms with E-state index < -0.39 is 25.3 Å². The van der Waals surface area contributed by atoms with Gasteiger partial charge in [-0.2, -0.15) is 0 Å². The van der Waals surface area contributed by atoms with Crippen molar-refractivity contribution in [1.82, 2.24) is 0 Å². The number of hydrogen-bond donors (Lipinski definition) is 4. The molecule has 0 amide bonds. The number of carboxylic acid groups (broad SMARTS) is 1. The van der Waals surface area contributed by atoms with Crippen molar-refractivity contribution in [3.8, 4) is 0 Å². The van der Waals surface area contributed by atoms with Gasteiger partial charge in [-0.3, -0.25) is 4.57 Å². The normalized spacial score (nSPS) is 14.3. The van der Waals surface area contributed by atoms with E-state index in [0.29, 0.717) is 12.2 Å². The highest BCUT2D eigenvalue weighted by molar-refractivity contribution is 7.54. The molecule has 9 heteroatoms. The molecule has 0 saturated carbocycles. The van der Waals surface area contributed by atoms with Crippen molar-refractivity contribution < 1.29 is 46.3 Å². The quantitative estimate of drug-likeness (QED) is 0.331. The number of aliphatic carboxylic acids is 1. The van der Waals surface area contributed by atoms with Crippen LogP contribution in [-0.4, -0.2) is 31.3 Å². The first kappa shape index (κ1) is 18.0. The number of halogens is 1. The van der Waals surface area contributed by atoms with Crippen molar-refractivity contribution in [2.45, 2.75) is 25.2 Å². The molecule has 7 nitrogen and oxygen atoms in total. The third-order valence-corrected chi connectivity index (χ3v) is 3.94. The number of rotatable bonds is 5. The molecule has 0 spiro atoms. The van der Waals surface area contributed by atoms with Gasteiger partial charge >= 0.3 is 13.6 Å². The Kier molecular flexibility index (Phi) is 6.12. The van der Waals surface area contributed by atoms with E-state index in [9.17, 15) is 14.5 Å². The Bertz CT molecular complexity index is 505. The van der Waals surface area contributed by atoms with Crippen molar-refractivity contribution in [1.29, 1.82) is 0 Å². The fourth-order valence-corrected chi connectivity index (χ4v) is 2.15. The summed E-state index contributed by atoms with van der Waals surface area (Å²) in [5.74, 6) is -1.94. The SMILES string of the molecule is CC[n+]1ccccc1CC(O)(C(=O)O)P(=O)(O)O.[Cl-]. The summed E-state index contributed by atoms with van der Waals surface area (Å²) in [7, 11) is -5.20. The lowest BCUT2D eigenvalue weighted by atomic mass is 10.1. The van der Waals surface area contributed by atoms with Crippen LogP contribution in [0.15, 0.2) is 24.4 Å². The van der Waals surface area contributed by atoms with Gasteiger partial charge in [0.2, 0.25) is 0 Å². The Hall–Kier alpha value is -0.980. The van der Waals surface area contributed by atoms with Crippen molar-refractivity contribution in [2.75, 3.05) is 0 Å². The molecule has 0 aromatic carbocycles. The number of pyridine rings is 1. The van der Waals surface area contributed by atoms with Crippen LogP contribution in [-0.2, 0) is 22.3 Å². The highest BCUT2D eigenvalue weighted by Crippen LogP contribution is 2.50. The van der Waals surface area contributed by atoms with Gasteiger partial charge in [0.25, 0.3) is 5.34 Å². The number of carbonyl (C=O) groups is 1. The molecule has 0 aliphatic heterocycles. The average Bonchev–Trinajstić information content (AvgIpc) is 2.27. The summed E-state index contributed by atoms with van der Waals surface area (Å²) >= 11 is 0. The minimum absolute atomic E-state index is 0. The van der Waals surface area contributed by atoms with E-state index in [1.54, 1.807) is 29.8 Å². The molecule has 1 atom stereocenters. The fourth-order valence-electron chi connectivity index (χ4n) is 1.54. The van der Waals surface area contributed by atoms with E-state index in [4.69, 9.17) is 14.9 Å². The first-order valence-electron chi connectivity index (χ1n) is 5.21. The summed E-state index contributed by atoms with van der Waals surface area (Å²) in [4.78, 5) is 28.9. The van der Waals surface area contributed by atoms with Gasteiger partial charge in [-0.25, -0.2) is 9.36 Å². The summed E-state index contributed by atoms with van der Waals surface area (Å²) in [5.41, 5.74) is 0.327. The molecule has 1 rings (SSSR count). The van der Waals surface area contributed by atoms with Gasteiger partial charge in [-0.15, -0.1) is 0 Å². The maximum absolute atomic E-state index is 11.2. The molecule has 0 saturated heterocycles. The van der Waals surface area contributed by atoms with E-state index in [1.807, 2.05) is 0 Å². The zero-order valence-electron chi connectivity index (χ0n) is 10.1. The summed E-state index contributed by atoms with van der Waals surface area (Å²) in [5, 5.41) is 15.5. The van der Waals surface area contributed by atoms with E-state index in [1.165, 1.54) is 6.07 Å². The zero-order chi connectivity index (χ0) is 14.0. The number of nitrogens with zero attached hydrogens (tertiary/aromatic N) is 1. The van der Waals surface area contributed by atoms with Crippen LogP contribution in [0.5, 0.6) is 0 Å². The number of aliphatic hydroxyl groups is 1. The first-order chi connectivity index (χ1) is 8.22. The largest absolute Gasteiger partial charge is 1.00 e. The predicted molar refractivity (Wildman–Crippen MR) is 60.6 cm³/mol. The molecule has 1 aromatic heterocycles. The van der Waals surface area contributed by atoms with Crippen LogP contribution in [0, 0.1) is 0 Å². The van der Waals surface area contributed by atoms with Gasteiger partial charge in [-0.1, -0.05) is 6.07 Å². The van der Waals surface area contributed by atoms with Crippen LogP contribution >= 0.6 is 7.60 Å². The Balaban J connectivity index is 0.00000324. The molecule has 0 aliphatic rings. The topological polar surface area (TPSA) is 119 Å². The Morgan fingerprint density at radius 3 is 2.42 bits per heavy atom. The van der Waals surface area contributed by atoms with E-state index in [-0.39, 0.29) is 12.4 Å². The lowest BCUT2D eigenvalue weighted by Crippen LogP contribution is -3.00. The van der Waals surface area contributed by atoms with Gasteiger partial charge in [0, 0.05) is 12.1 Å². The van der Waals surface area contributed by atoms with E-state index >= 15 is 0 Å². The summed E-state index contributed by atoms with van der Waals surface area (Å²) in [6.45, 7) is 2.29. The van der Waals surface area contributed by atoms with Crippen LogP contribution in [0.3, 0.4) is 0 Å². The van der Waals surface area contributed by atoms with Crippen LogP contribution in [0.25, 0.3) is 0 Å². The lowest BCUT2D eigenvalue weighted by molar-refractivity contribution is -0.701. The highest BCUT2D eigenvalue weighted by Gasteiger charge is 2.54. The Labute approximate surface area is 116 Å². The van der Waals surface area contributed by atoms with Gasteiger partial charge in [-0.05, 0) is 6.92 Å². The highest BCUT2D eigenvalue weighted by atomic mass is 35.5.